The zero-order valence-electron chi connectivity index (χ0n) is 17.5. The molecule has 0 aliphatic carbocycles. The van der Waals surface area contributed by atoms with Crippen LogP contribution in [0.5, 0.6) is 11.5 Å². The molecular weight excluding hydrogens is 406 g/mol. The van der Waals surface area contributed by atoms with Crippen LogP contribution in [0.1, 0.15) is 30.4 Å². The molecule has 3 heterocycles. The number of hydrogen-bond donors (Lipinski definition) is 1. The van der Waals surface area contributed by atoms with Crippen LogP contribution in [0.4, 0.5) is 5.82 Å². The molecule has 2 aliphatic heterocycles. The van der Waals surface area contributed by atoms with Gasteiger partial charge in [0.1, 0.15) is 24.9 Å². The monoisotopic (exact) mass is 433 g/mol. The Balaban J connectivity index is 1.70. The first-order valence-corrected chi connectivity index (χ1v) is 11.5. The first-order valence-electron chi connectivity index (χ1n) is 10.0. The summed E-state index contributed by atoms with van der Waals surface area (Å²) >= 11 is 0. The second-order valence-corrected chi connectivity index (χ2v) is 9.47. The molecule has 10 heteroatoms. The van der Waals surface area contributed by atoms with Crippen molar-refractivity contribution in [3.8, 4) is 11.5 Å². The number of ether oxygens (including phenoxy) is 2. The molecular formula is C20H27N5O4S. The highest BCUT2D eigenvalue weighted by Gasteiger charge is 2.38. The van der Waals surface area contributed by atoms with Crippen LogP contribution in [0.3, 0.4) is 0 Å². The Bertz CT molecular complexity index is 1030. The topological polar surface area (TPSA) is 96.9 Å². The Kier molecular flexibility index (Phi) is 5.81. The molecule has 0 spiro atoms. The number of nitrogens with zero attached hydrogens (tertiary/aromatic N) is 4. The second kappa shape index (κ2) is 8.37. The normalized spacial score (nSPS) is 19.1. The summed E-state index contributed by atoms with van der Waals surface area (Å²) in [7, 11) is 1.93. The molecule has 4 rings (SSSR count). The van der Waals surface area contributed by atoms with Crippen molar-refractivity contribution in [2.75, 3.05) is 45.8 Å². The Morgan fingerprint density at radius 3 is 2.67 bits per heavy atom. The van der Waals surface area contributed by atoms with E-state index in [0.717, 1.165) is 17.9 Å². The largest absolute Gasteiger partial charge is 0.486 e. The highest BCUT2D eigenvalue weighted by molar-refractivity contribution is 7.89. The molecule has 1 saturated heterocycles. The summed E-state index contributed by atoms with van der Waals surface area (Å²) in [5, 5.41) is 3.10. The van der Waals surface area contributed by atoms with E-state index < -0.39 is 16.1 Å². The predicted molar refractivity (Wildman–Crippen MR) is 112 cm³/mol. The lowest BCUT2D eigenvalue weighted by Crippen LogP contribution is -2.32. The molecule has 2 aromatic rings. The van der Waals surface area contributed by atoms with Crippen LogP contribution in [-0.2, 0) is 16.6 Å². The zero-order chi connectivity index (χ0) is 21.3. The average molecular weight is 434 g/mol. The van der Waals surface area contributed by atoms with Crippen LogP contribution in [0, 0.1) is 0 Å². The molecule has 1 N–H and O–H groups in total. The Labute approximate surface area is 177 Å². The number of fused-ring (bicyclic) bond motifs is 1. The van der Waals surface area contributed by atoms with Gasteiger partial charge in [-0.15, -0.1) is 0 Å². The smallest absolute Gasteiger partial charge is 0.243 e. The average Bonchev–Trinajstić information content (AvgIpc) is 3.24. The Morgan fingerprint density at radius 1 is 1.17 bits per heavy atom. The van der Waals surface area contributed by atoms with Gasteiger partial charge >= 0.3 is 0 Å². The maximum absolute atomic E-state index is 13.5. The molecule has 0 amide bonds. The number of aromatic nitrogens is 2. The van der Waals surface area contributed by atoms with Gasteiger partial charge in [-0.2, -0.15) is 4.31 Å². The number of anilines is 1. The van der Waals surface area contributed by atoms with Crippen LogP contribution < -0.4 is 19.7 Å². The SMILES string of the molecule is CNCc1cc(N(C)C)nc([C@H]2CCCN2S(=O)(=O)c2ccc3c(c2)OCCO3)n1. The van der Waals surface area contributed by atoms with Gasteiger partial charge in [-0.3, -0.25) is 0 Å². The minimum atomic E-state index is -3.74. The summed E-state index contributed by atoms with van der Waals surface area (Å²) in [4.78, 5) is 11.4. The molecule has 0 saturated carbocycles. The first kappa shape index (κ1) is 20.8. The molecule has 0 bridgehead atoms. The van der Waals surface area contributed by atoms with Gasteiger partial charge in [-0.05, 0) is 32.0 Å². The van der Waals surface area contributed by atoms with Gasteiger partial charge in [-0.1, -0.05) is 0 Å². The molecule has 30 heavy (non-hydrogen) atoms. The van der Waals surface area contributed by atoms with Crippen molar-refractivity contribution in [2.24, 2.45) is 0 Å². The third-order valence-corrected chi connectivity index (χ3v) is 7.13. The summed E-state index contributed by atoms with van der Waals surface area (Å²) in [6.07, 6.45) is 1.44. The van der Waals surface area contributed by atoms with Gasteiger partial charge in [0, 0.05) is 39.3 Å². The molecule has 0 unspecified atom stereocenters. The molecule has 9 nitrogen and oxygen atoms in total. The number of benzene rings is 1. The summed E-state index contributed by atoms with van der Waals surface area (Å²) in [5.74, 6) is 2.32. The number of rotatable bonds is 6. The lowest BCUT2D eigenvalue weighted by molar-refractivity contribution is 0.171. The van der Waals surface area contributed by atoms with Gasteiger partial charge in [0.25, 0.3) is 0 Å². The minimum absolute atomic E-state index is 0.192. The predicted octanol–water partition coefficient (Wildman–Crippen LogP) is 1.56. The summed E-state index contributed by atoms with van der Waals surface area (Å²) in [6, 6.07) is 6.28. The quantitative estimate of drug-likeness (QED) is 0.733. The van der Waals surface area contributed by atoms with E-state index in [9.17, 15) is 8.42 Å². The van der Waals surface area contributed by atoms with Gasteiger partial charge in [0.15, 0.2) is 11.5 Å². The molecule has 1 aromatic heterocycles. The second-order valence-electron chi connectivity index (χ2n) is 7.58. The maximum atomic E-state index is 13.5. The van der Waals surface area contributed by atoms with Crippen molar-refractivity contribution in [1.82, 2.24) is 19.6 Å². The van der Waals surface area contributed by atoms with E-state index in [1.54, 1.807) is 18.2 Å². The Hall–Kier alpha value is -2.43. The lowest BCUT2D eigenvalue weighted by atomic mass is 10.2. The zero-order valence-corrected chi connectivity index (χ0v) is 18.3. The third-order valence-electron chi connectivity index (χ3n) is 5.22. The summed E-state index contributed by atoms with van der Waals surface area (Å²) < 4.78 is 39.6. The van der Waals surface area contributed by atoms with E-state index in [4.69, 9.17) is 9.47 Å². The third kappa shape index (κ3) is 3.94. The summed E-state index contributed by atoms with van der Waals surface area (Å²) in [6.45, 7) is 1.88. The fraction of sp³-hybridized carbons (Fsp3) is 0.500. The van der Waals surface area contributed by atoms with Crippen LogP contribution in [0.25, 0.3) is 0 Å². The van der Waals surface area contributed by atoms with Crippen molar-refractivity contribution in [3.63, 3.8) is 0 Å². The van der Waals surface area contributed by atoms with E-state index in [0.29, 0.717) is 50.0 Å². The van der Waals surface area contributed by atoms with E-state index >= 15 is 0 Å². The first-order chi connectivity index (χ1) is 14.4. The van der Waals surface area contributed by atoms with Crippen LogP contribution >= 0.6 is 0 Å². The van der Waals surface area contributed by atoms with Crippen LogP contribution in [-0.4, -0.2) is 63.6 Å². The van der Waals surface area contributed by atoms with Crippen molar-refractivity contribution in [1.29, 1.82) is 0 Å². The molecule has 2 aliphatic rings. The van der Waals surface area contributed by atoms with Crippen molar-refractivity contribution in [2.45, 2.75) is 30.3 Å². The molecule has 1 aromatic carbocycles. The van der Waals surface area contributed by atoms with Crippen molar-refractivity contribution < 1.29 is 17.9 Å². The lowest BCUT2D eigenvalue weighted by Gasteiger charge is -2.25. The molecule has 0 radical (unpaired) electrons. The minimum Gasteiger partial charge on any atom is -0.486 e. The molecule has 162 valence electrons. The van der Waals surface area contributed by atoms with Gasteiger partial charge in [0.05, 0.1) is 16.6 Å². The van der Waals surface area contributed by atoms with Gasteiger partial charge < -0.3 is 19.7 Å². The van der Waals surface area contributed by atoms with Crippen LogP contribution in [0.15, 0.2) is 29.2 Å². The van der Waals surface area contributed by atoms with Crippen LogP contribution in [0.2, 0.25) is 0 Å². The molecule has 1 fully saturated rings. The van der Waals surface area contributed by atoms with E-state index in [1.807, 2.05) is 32.1 Å². The Morgan fingerprint density at radius 2 is 1.93 bits per heavy atom. The van der Waals surface area contributed by atoms with Crippen molar-refractivity contribution in [3.05, 3.63) is 35.8 Å². The number of sulfonamides is 1. The number of hydrogen-bond acceptors (Lipinski definition) is 8. The maximum Gasteiger partial charge on any atom is 0.243 e. The van der Waals surface area contributed by atoms with Gasteiger partial charge in [-0.25, -0.2) is 18.4 Å². The fourth-order valence-electron chi connectivity index (χ4n) is 3.76. The highest BCUT2D eigenvalue weighted by atomic mass is 32.2. The van der Waals surface area contributed by atoms with E-state index in [-0.39, 0.29) is 4.90 Å². The number of nitrogens with one attached hydrogen (secondary N) is 1. The van der Waals surface area contributed by atoms with E-state index in [2.05, 4.69) is 15.3 Å². The highest BCUT2D eigenvalue weighted by Crippen LogP contribution is 2.38. The van der Waals surface area contributed by atoms with Crippen molar-refractivity contribution >= 4 is 15.8 Å². The molecule has 1 atom stereocenters. The van der Waals surface area contributed by atoms with Gasteiger partial charge in [0.2, 0.25) is 10.0 Å². The standard InChI is InChI=1S/C20H27N5O4S/c1-21-13-14-11-19(24(2)3)23-20(22-14)16-5-4-8-25(16)30(26,27)15-6-7-17-18(12-15)29-10-9-28-17/h6-7,11-12,16,21H,4-5,8-10,13H2,1-3H3/t16-/m1/s1. The van der Waals surface area contributed by atoms with E-state index in [1.165, 1.54) is 4.31 Å². The fourth-order valence-corrected chi connectivity index (χ4v) is 5.43. The summed E-state index contributed by atoms with van der Waals surface area (Å²) in [5.41, 5.74) is 0.828.